The van der Waals surface area contributed by atoms with Crippen LogP contribution in [0.15, 0.2) is 70.9 Å². The van der Waals surface area contributed by atoms with Gasteiger partial charge >= 0.3 is 0 Å². The molecule has 6 nitrogen and oxygen atoms in total. The summed E-state index contributed by atoms with van der Waals surface area (Å²) >= 11 is 0. The zero-order valence-electron chi connectivity index (χ0n) is 26.6. The number of hydrogen-bond donors (Lipinski definition) is 4. The molecule has 42 heavy (non-hydrogen) atoms. The third-order valence-corrected chi connectivity index (χ3v) is 10.0. The van der Waals surface area contributed by atoms with Gasteiger partial charge in [0.2, 0.25) is 0 Å². The normalized spacial score (nSPS) is 33.8. The number of nitrogens with one attached hydrogen (secondary N) is 1. The number of aliphatic hydroxyl groups is 3. The molecule has 3 aliphatic rings. The van der Waals surface area contributed by atoms with Gasteiger partial charge in [-0.2, -0.15) is 0 Å². The molecule has 0 unspecified atom stereocenters. The van der Waals surface area contributed by atoms with Gasteiger partial charge in [0.15, 0.2) is 0 Å². The number of hydrogen-bond acceptors (Lipinski definition) is 6. The van der Waals surface area contributed by atoms with Crippen LogP contribution in [0.25, 0.3) is 0 Å². The average molecular weight is 582 g/mol. The first-order valence-corrected chi connectivity index (χ1v) is 15.9. The summed E-state index contributed by atoms with van der Waals surface area (Å²) in [6.07, 6.45) is 17.4. The monoisotopic (exact) mass is 581 g/mol. The molecule has 3 rings (SSSR count). The molecule has 0 amide bonds. The summed E-state index contributed by atoms with van der Waals surface area (Å²) in [5.41, 5.74) is 3.06. The van der Waals surface area contributed by atoms with Crippen molar-refractivity contribution in [3.05, 3.63) is 70.9 Å². The second-order valence-electron chi connectivity index (χ2n) is 12.8. The lowest BCUT2D eigenvalue weighted by Crippen LogP contribution is -2.65. The van der Waals surface area contributed by atoms with Crippen LogP contribution in [0.2, 0.25) is 0 Å². The van der Waals surface area contributed by atoms with E-state index >= 15 is 0 Å². The molecule has 2 saturated carbocycles. The maximum atomic E-state index is 12.6. The Kier molecular flexibility index (Phi) is 12.8. The lowest BCUT2D eigenvalue weighted by Gasteiger charge is -2.61. The van der Waals surface area contributed by atoms with Gasteiger partial charge in [-0.1, -0.05) is 59.8 Å². The molecular weight excluding hydrogens is 526 g/mol. The number of carbonyl (C=O) groups is 1. The van der Waals surface area contributed by atoms with Crippen LogP contribution < -0.4 is 5.32 Å². The molecular formula is C36H55NO5. The second kappa shape index (κ2) is 15.6. The van der Waals surface area contributed by atoms with Crippen LogP contribution in [0, 0.1) is 29.1 Å². The van der Waals surface area contributed by atoms with Gasteiger partial charge in [0.1, 0.15) is 6.29 Å². The standard InChI is InChI=1S/C36H55NO5/c1-7-42-24-30(13-9-12-26(4)11-8-10-25(2)3)31-16-18-36(34(31)40)33-28(17-21-38)14-15-29(32(33)27(5)23-39)22-35(36,41)19-20-37-6/h9-10,12-15,23,28-29,31,33-34,37-38,40-41H,4,7-8,11,16-22,24H2,1-3,5-6H3/b12-9+,30-13-,32-27?/t28-,29-,31-,33-,34+,35+,36+/m0/s1. The zero-order chi connectivity index (χ0) is 30.9. The van der Waals surface area contributed by atoms with Crippen LogP contribution in [-0.4, -0.2) is 66.7 Å². The van der Waals surface area contributed by atoms with Crippen LogP contribution in [0.4, 0.5) is 0 Å². The highest BCUT2D eigenvalue weighted by molar-refractivity contribution is 5.74. The smallest absolute Gasteiger partial charge is 0.145 e. The van der Waals surface area contributed by atoms with E-state index in [4.69, 9.17) is 4.74 Å². The Morgan fingerprint density at radius 1 is 1.26 bits per heavy atom. The zero-order valence-corrected chi connectivity index (χ0v) is 26.6. The number of aldehydes is 1. The number of rotatable bonds is 15. The van der Waals surface area contributed by atoms with Crippen LogP contribution in [0.1, 0.15) is 72.6 Å². The summed E-state index contributed by atoms with van der Waals surface area (Å²) < 4.78 is 5.90. The van der Waals surface area contributed by atoms with Crippen LogP contribution in [0.3, 0.4) is 0 Å². The largest absolute Gasteiger partial charge is 0.396 e. The van der Waals surface area contributed by atoms with E-state index in [2.05, 4.69) is 50.0 Å². The number of fused-ring (bicyclic) bond motifs is 3. The fourth-order valence-electron chi connectivity index (χ4n) is 8.05. The minimum Gasteiger partial charge on any atom is -0.396 e. The van der Waals surface area contributed by atoms with Crippen molar-refractivity contribution < 1.29 is 24.9 Å². The van der Waals surface area contributed by atoms with Crippen molar-refractivity contribution in [1.29, 1.82) is 0 Å². The number of carbonyl (C=O) groups excluding carboxylic acids is 1. The Bertz CT molecular complexity index is 1100. The van der Waals surface area contributed by atoms with E-state index in [0.29, 0.717) is 57.4 Å². The van der Waals surface area contributed by atoms with Gasteiger partial charge in [-0.25, -0.2) is 0 Å². The molecule has 2 bridgehead atoms. The molecule has 0 aromatic rings. The van der Waals surface area contributed by atoms with E-state index in [9.17, 15) is 20.1 Å². The van der Waals surface area contributed by atoms with Gasteiger partial charge in [0, 0.05) is 30.5 Å². The van der Waals surface area contributed by atoms with E-state index in [1.807, 2.05) is 33.0 Å². The van der Waals surface area contributed by atoms with Crippen LogP contribution >= 0.6 is 0 Å². The lowest BCUT2D eigenvalue weighted by atomic mass is 9.45. The summed E-state index contributed by atoms with van der Waals surface area (Å²) in [5.74, 6) is -0.572. The van der Waals surface area contributed by atoms with Crippen molar-refractivity contribution in [2.45, 2.75) is 84.3 Å². The van der Waals surface area contributed by atoms with Crippen LogP contribution in [-0.2, 0) is 9.53 Å². The van der Waals surface area contributed by atoms with E-state index in [1.165, 1.54) is 5.57 Å². The molecule has 2 fully saturated rings. The molecule has 0 aromatic heterocycles. The first-order valence-electron chi connectivity index (χ1n) is 15.9. The predicted octanol–water partition coefficient (Wildman–Crippen LogP) is 5.63. The Balaban J connectivity index is 2.07. The predicted molar refractivity (Wildman–Crippen MR) is 171 cm³/mol. The summed E-state index contributed by atoms with van der Waals surface area (Å²) in [4.78, 5) is 12.2. The van der Waals surface area contributed by atoms with Gasteiger partial charge in [-0.3, -0.25) is 4.79 Å². The average Bonchev–Trinajstić information content (AvgIpc) is 3.30. The molecule has 0 aromatic carbocycles. The van der Waals surface area contributed by atoms with Gasteiger partial charge in [0.25, 0.3) is 0 Å². The van der Waals surface area contributed by atoms with Gasteiger partial charge in [0.05, 0.1) is 18.3 Å². The maximum absolute atomic E-state index is 12.6. The van der Waals surface area contributed by atoms with E-state index in [1.54, 1.807) is 0 Å². The van der Waals surface area contributed by atoms with E-state index in [0.717, 1.165) is 35.8 Å². The topological polar surface area (TPSA) is 99.0 Å². The molecule has 0 radical (unpaired) electrons. The SMILES string of the molecule is C=C(/C=C/C=C(/COCC)[C@@H]1CC[C@]2([C@@H]1O)[C@@H]1C(=C(C)C=O)[C@@H](C=C[C@H]1CCO)C[C@]2(O)CCNC)CCC=C(C)C. The summed E-state index contributed by atoms with van der Waals surface area (Å²) in [6.45, 7) is 13.8. The Hall–Kier alpha value is -2.09. The first kappa shape index (κ1) is 34.4. The first-order chi connectivity index (χ1) is 20.1. The minimum absolute atomic E-state index is 0.00588. The molecule has 0 heterocycles. The second-order valence-corrected chi connectivity index (χ2v) is 12.8. The molecule has 3 aliphatic carbocycles. The third kappa shape index (κ3) is 7.16. The van der Waals surface area contributed by atoms with Crippen LogP contribution in [0.5, 0.6) is 0 Å². The summed E-state index contributed by atoms with van der Waals surface area (Å²) in [5, 5.41) is 38.4. The molecule has 0 aliphatic heterocycles. The molecule has 7 atom stereocenters. The number of ether oxygens (including phenoxy) is 1. The highest BCUT2D eigenvalue weighted by atomic mass is 16.5. The van der Waals surface area contributed by atoms with Crippen molar-refractivity contribution in [2.24, 2.45) is 29.1 Å². The number of allylic oxidation sites excluding steroid dienone is 10. The van der Waals surface area contributed by atoms with Gasteiger partial charge < -0.3 is 25.4 Å². The summed E-state index contributed by atoms with van der Waals surface area (Å²) in [6, 6.07) is 0. The van der Waals surface area contributed by atoms with Crippen molar-refractivity contribution in [3.8, 4) is 0 Å². The van der Waals surface area contributed by atoms with Gasteiger partial charge in [-0.15, -0.1) is 0 Å². The fraction of sp³-hybridized carbons (Fsp3) is 0.639. The minimum atomic E-state index is -1.14. The van der Waals surface area contributed by atoms with E-state index in [-0.39, 0.29) is 30.3 Å². The van der Waals surface area contributed by atoms with Crippen molar-refractivity contribution in [1.82, 2.24) is 5.32 Å². The molecule has 6 heteroatoms. The molecule has 0 saturated heterocycles. The van der Waals surface area contributed by atoms with Crippen molar-refractivity contribution >= 4 is 6.29 Å². The Morgan fingerprint density at radius 2 is 2.02 bits per heavy atom. The van der Waals surface area contributed by atoms with Gasteiger partial charge in [-0.05, 0) is 109 Å². The summed E-state index contributed by atoms with van der Waals surface area (Å²) in [7, 11) is 1.88. The molecule has 1 spiro atoms. The molecule has 234 valence electrons. The Labute approximate surface area is 254 Å². The highest BCUT2D eigenvalue weighted by Gasteiger charge is 2.68. The van der Waals surface area contributed by atoms with E-state index < -0.39 is 17.1 Å². The fourth-order valence-corrected chi connectivity index (χ4v) is 8.05. The number of aliphatic hydroxyl groups excluding tert-OH is 2. The quantitative estimate of drug-likeness (QED) is 0.0867. The van der Waals surface area contributed by atoms with Crippen molar-refractivity contribution in [2.75, 3.05) is 33.4 Å². The van der Waals surface area contributed by atoms with Crippen molar-refractivity contribution in [3.63, 3.8) is 0 Å². The highest BCUT2D eigenvalue weighted by Crippen LogP contribution is 2.67. The molecule has 4 N–H and O–H groups in total. The Morgan fingerprint density at radius 3 is 2.67 bits per heavy atom. The third-order valence-electron chi connectivity index (χ3n) is 10.0. The lowest BCUT2D eigenvalue weighted by molar-refractivity contribution is -0.194. The maximum Gasteiger partial charge on any atom is 0.145 e.